The van der Waals surface area contributed by atoms with Crippen LogP contribution in [-0.4, -0.2) is 216 Å². The number of hydrogen-bond acceptors (Lipinski definition) is 22. The summed E-state index contributed by atoms with van der Waals surface area (Å²) < 4.78 is 47.4. The number of fused-ring (bicyclic) bond motifs is 7. The predicted molar refractivity (Wildman–Crippen MR) is 255 cm³/mol. The van der Waals surface area contributed by atoms with Gasteiger partial charge in [-0.3, -0.25) is 9.59 Å². The molecule has 5 aliphatic carbocycles. The van der Waals surface area contributed by atoms with Crippen LogP contribution >= 0.6 is 0 Å². The van der Waals surface area contributed by atoms with E-state index in [1.807, 2.05) is 0 Å². The van der Waals surface area contributed by atoms with Crippen LogP contribution in [0.15, 0.2) is 11.6 Å². The quantitative estimate of drug-likeness (QED) is 0.0657. The Morgan fingerprint density at radius 1 is 0.667 bits per heavy atom. The number of allylic oxidation sites excluding steroid dienone is 2. The second kappa shape index (κ2) is 20.5. The summed E-state index contributed by atoms with van der Waals surface area (Å²) in [5.74, 6) is -2.74. The lowest BCUT2D eigenvalue weighted by Gasteiger charge is -2.71. The highest BCUT2D eigenvalue weighted by Crippen LogP contribution is 2.76. The molecule has 0 aromatic heterocycles. The Bertz CT molecular complexity index is 2130. The molecule has 0 aromatic carbocycles. The number of carboxylic acid groups (broad SMARTS) is 1. The van der Waals surface area contributed by atoms with Crippen LogP contribution in [-0.2, 0) is 47.5 Å². The summed E-state index contributed by atoms with van der Waals surface area (Å²) in [4.78, 5) is 29.0. The number of carbonyl (C=O) groups excluding carboxylic acids is 1. The second-order valence-electron chi connectivity index (χ2n) is 25.4. The third-order valence-corrected chi connectivity index (χ3v) is 20.8. The summed E-state index contributed by atoms with van der Waals surface area (Å²) in [5, 5.41) is 130. The average molecular weight is 1070 g/mol. The van der Waals surface area contributed by atoms with Crippen LogP contribution in [0.2, 0.25) is 0 Å². The summed E-state index contributed by atoms with van der Waals surface area (Å²) in [6.07, 6.45) is -22.0. The largest absolute Gasteiger partial charge is 0.481 e. The Balaban J connectivity index is 0.956. The molecule has 4 aliphatic heterocycles. The van der Waals surface area contributed by atoms with Gasteiger partial charge in [0.25, 0.3) is 0 Å². The fourth-order valence-electron chi connectivity index (χ4n) is 16.0. The minimum Gasteiger partial charge on any atom is -0.481 e. The molecule has 9 aliphatic rings. The zero-order chi connectivity index (χ0) is 54.9. The number of aliphatic hydroxyl groups is 11. The first-order chi connectivity index (χ1) is 35.0. The van der Waals surface area contributed by atoms with Gasteiger partial charge in [0.15, 0.2) is 25.0 Å². The first kappa shape index (κ1) is 57.6. The number of aliphatic hydroxyl groups excluding tert-OH is 11. The first-order valence-corrected chi connectivity index (χ1v) is 26.8. The number of carbonyl (C=O) groups is 2. The van der Waals surface area contributed by atoms with Gasteiger partial charge in [0.2, 0.25) is 6.29 Å². The predicted octanol–water partition coefficient (Wildman–Crippen LogP) is -1.73. The fraction of sp³-hybridized carbons (Fsp3) is 0.923. The van der Waals surface area contributed by atoms with Gasteiger partial charge in [-0.25, -0.2) is 0 Å². The summed E-state index contributed by atoms with van der Waals surface area (Å²) in [5.41, 5.74) is 2.71. The van der Waals surface area contributed by atoms with Crippen molar-refractivity contribution in [3.8, 4) is 0 Å². The van der Waals surface area contributed by atoms with Crippen LogP contribution in [0.4, 0.5) is 0 Å². The van der Waals surface area contributed by atoms with E-state index in [4.69, 9.17) is 43.6 Å². The van der Waals surface area contributed by atoms with Crippen molar-refractivity contribution in [1.82, 2.24) is 0 Å². The number of rotatable bonds is 10. The van der Waals surface area contributed by atoms with E-state index in [0.29, 0.717) is 51.4 Å². The molecule has 9 rings (SSSR count). The molecule has 4 saturated heterocycles. The topological polar surface area (TPSA) is 377 Å². The number of nitrogens with two attached hydrogens (primary N) is 1. The lowest BCUT2D eigenvalue weighted by Crippen LogP contribution is -2.70. The van der Waals surface area contributed by atoms with Gasteiger partial charge in [0.1, 0.15) is 73.2 Å². The molecule has 23 heteroatoms. The van der Waals surface area contributed by atoms with Gasteiger partial charge in [0.05, 0.1) is 48.9 Å². The minimum absolute atomic E-state index is 0.136. The molecule has 428 valence electrons. The highest BCUT2D eigenvalue weighted by atomic mass is 16.8. The molecule has 0 aromatic rings. The highest BCUT2D eigenvalue weighted by Gasteiger charge is 2.73. The molecule has 23 nitrogen and oxygen atoms in total. The lowest BCUT2D eigenvalue weighted by molar-refractivity contribution is -0.368. The maximum absolute atomic E-state index is 15.3. The standard InChI is InChI=1S/C52H83NO22/c1-21-38(72-42-36(63)31(58)25(56)19-68-42)35(62)37(64)43(70-21)73-39-32(59)26(57)20-69-44(39)75-46(67)52-14-12-47(2,3)16-23(52)22-8-9-28-48(4)17-24(55)40(74-41-30(53)34(61)33(60)27(18-54)71-41)51(7,45(65)66)29(48)10-11-50(28,6)49(22,5)13-15-52/h8,21,23-44,54-64H,9-20,53H2,1-7H3,(H,65,66)/t21?,23?,24-,25?,26?,27?,28?,29?,30?,31?,32?,33?,34?,35?,36?,37?,38?,39?,40-,41?,42?,43?,44?,48+,49?,50+,51-,52-/m0/s1. The molecular formula is C52H83NO22. The van der Waals surface area contributed by atoms with E-state index < -0.39 is 181 Å². The fourth-order valence-corrected chi connectivity index (χ4v) is 16.0. The second-order valence-corrected chi connectivity index (χ2v) is 25.4. The zero-order valence-electron chi connectivity index (χ0n) is 43.9. The monoisotopic (exact) mass is 1070 g/mol. The van der Waals surface area contributed by atoms with E-state index >= 15 is 4.79 Å². The van der Waals surface area contributed by atoms with Crippen LogP contribution in [0.25, 0.3) is 0 Å². The average Bonchev–Trinajstić information content (AvgIpc) is 3.35. The van der Waals surface area contributed by atoms with Crippen molar-refractivity contribution in [2.45, 2.75) is 229 Å². The van der Waals surface area contributed by atoms with Crippen LogP contribution in [0, 0.1) is 50.2 Å². The van der Waals surface area contributed by atoms with Crippen molar-refractivity contribution < 1.29 is 109 Å². The van der Waals surface area contributed by atoms with Gasteiger partial charge in [-0.15, -0.1) is 0 Å². The molecule has 75 heavy (non-hydrogen) atoms. The zero-order valence-corrected chi connectivity index (χ0v) is 43.9. The number of aliphatic carboxylic acids is 1. The van der Waals surface area contributed by atoms with Gasteiger partial charge < -0.3 is 105 Å². The van der Waals surface area contributed by atoms with Crippen molar-refractivity contribution in [2.75, 3.05) is 19.8 Å². The molecule has 14 N–H and O–H groups in total. The van der Waals surface area contributed by atoms with Crippen LogP contribution in [0.5, 0.6) is 0 Å². The van der Waals surface area contributed by atoms with Gasteiger partial charge >= 0.3 is 11.9 Å². The van der Waals surface area contributed by atoms with Crippen LogP contribution in [0.1, 0.15) is 106 Å². The normalized spacial score (nSPS) is 54.8. The summed E-state index contributed by atoms with van der Waals surface area (Å²) >= 11 is 0. The maximum atomic E-state index is 15.3. The van der Waals surface area contributed by atoms with E-state index in [-0.39, 0.29) is 30.3 Å². The van der Waals surface area contributed by atoms with E-state index in [2.05, 4.69) is 40.7 Å². The Morgan fingerprint density at radius 3 is 1.96 bits per heavy atom. The van der Waals surface area contributed by atoms with Crippen molar-refractivity contribution in [3.63, 3.8) is 0 Å². The van der Waals surface area contributed by atoms with E-state index in [1.54, 1.807) is 6.92 Å². The van der Waals surface area contributed by atoms with Crippen molar-refractivity contribution >= 4 is 11.9 Å². The molecular weight excluding hydrogens is 991 g/mol. The molecule has 4 saturated carbocycles. The van der Waals surface area contributed by atoms with E-state index in [1.165, 1.54) is 6.92 Å². The molecule has 0 amide bonds. The third kappa shape index (κ3) is 9.16. The van der Waals surface area contributed by atoms with Gasteiger partial charge in [0, 0.05) is 0 Å². The smallest absolute Gasteiger partial charge is 0.315 e. The molecule has 4 heterocycles. The molecule has 28 atom stereocenters. The number of esters is 1. The molecule has 0 spiro atoms. The van der Waals surface area contributed by atoms with Crippen molar-refractivity contribution in [3.05, 3.63) is 11.6 Å². The Hall–Kier alpha value is -2.08. The number of ether oxygens (including phenoxy) is 8. The summed E-state index contributed by atoms with van der Waals surface area (Å²) in [6.45, 7) is 12.5. The molecule has 8 fully saturated rings. The summed E-state index contributed by atoms with van der Waals surface area (Å²) in [6, 6.07) is -1.31. The summed E-state index contributed by atoms with van der Waals surface area (Å²) in [7, 11) is 0. The van der Waals surface area contributed by atoms with E-state index in [9.17, 15) is 66.1 Å². The highest BCUT2D eigenvalue weighted by molar-refractivity contribution is 5.79. The minimum atomic E-state index is -1.86. The number of carboxylic acids is 1. The first-order valence-electron chi connectivity index (χ1n) is 26.8. The Labute approximate surface area is 436 Å². The van der Waals surface area contributed by atoms with Gasteiger partial charge in [-0.1, -0.05) is 46.3 Å². The molecule has 0 radical (unpaired) electrons. The SMILES string of the molecule is CC1OC(OC2C(OC(=O)[C@]34CCC(C)(C)CC3C3=CCC5[C@@]6(C)C[C@H](O)[C@H](OC7OC(CO)C(O)C(O)C7N)[C@@](C)(C(=O)O)C6CC[C@@]5(C)C3(C)CC4)OCC(O)C2O)C(O)C(O)C1OC1OCC(O)C(O)C1O. The Morgan fingerprint density at radius 2 is 1.29 bits per heavy atom. The van der Waals surface area contributed by atoms with Crippen LogP contribution in [0.3, 0.4) is 0 Å². The third-order valence-electron chi connectivity index (χ3n) is 20.8. The van der Waals surface area contributed by atoms with Gasteiger partial charge in [-0.05, 0) is 111 Å². The molecule has 0 bridgehead atoms. The maximum Gasteiger partial charge on any atom is 0.315 e. The van der Waals surface area contributed by atoms with Crippen molar-refractivity contribution in [2.24, 2.45) is 56.0 Å². The molecule has 22 unspecified atom stereocenters. The van der Waals surface area contributed by atoms with Gasteiger partial charge in [-0.2, -0.15) is 0 Å². The van der Waals surface area contributed by atoms with E-state index in [0.717, 1.165) is 5.57 Å². The van der Waals surface area contributed by atoms with Crippen molar-refractivity contribution in [1.29, 1.82) is 0 Å². The lowest BCUT2D eigenvalue weighted by atomic mass is 9.33. The number of hydrogen-bond donors (Lipinski definition) is 13. The van der Waals surface area contributed by atoms with Crippen LogP contribution < -0.4 is 5.73 Å². The Kier molecular flexibility index (Phi) is 15.7.